The van der Waals surface area contributed by atoms with E-state index in [0.29, 0.717) is 13.1 Å². The largest absolute Gasteiger partial charge is 0.496 e. The minimum Gasteiger partial charge on any atom is -0.496 e. The highest BCUT2D eigenvalue weighted by atomic mass is 35.5. The van der Waals surface area contributed by atoms with Gasteiger partial charge in [0.2, 0.25) is 5.91 Å². The van der Waals surface area contributed by atoms with Gasteiger partial charge in [-0.3, -0.25) is 4.79 Å². The fourth-order valence-electron chi connectivity index (χ4n) is 1.99. The summed E-state index contributed by atoms with van der Waals surface area (Å²) in [5.74, 6) is 0.636. The highest BCUT2D eigenvalue weighted by Gasteiger charge is 2.20. The van der Waals surface area contributed by atoms with Crippen molar-refractivity contribution in [2.45, 2.75) is 13.0 Å². The second-order valence-electron chi connectivity index (χ2n) is 5.10. The fourth-order valence-corrected chi connectivity index (χ4v) is 1.99. The summed E-state index contributed by atoms with van der Waals surface area (Å²) in [4.78, 5) is 13.9. The van der Waals surface area contributed by atoms with E-state index in [0.717, 1.165) is 11.3 Å². The van der Waals surface area contributed by atoms with Crippen LogP contribution in [0.15, 0.2) is 24.3 Å². The molecule has 2 atom stereocenters. The summed E-state index contributed by atoms with van der Waals surface area (Å²) in [6.45, 7) is 2.70. The van der Waals surface area contributed by atoms with E-state index in [9.17, 15) is 4.79 Å². The Kier molecular flexibility index (Phi) is 12.2. The average Bonchev–Trinajstić information content (AvgIpc) is 2.46. The van der Waals surface area contributed by atoms with Gasteiger partial charge in [-0.2, -0.15) is 0 Å². The zero-order valence-corrected chi connectivity index (χ0v) is 15.2. The average molecular weight is 352 g/mol. The van der Waals surface area contributed by atoms with E-state index >= 15 is 0 Å². The zero-order chi connectivity index (χ0) is 15.1. The number of halogens is 2. The zero-order valence-electron chi connectivity index (χ0n) is 13.5. The van der Waals surface area contributed by atoms with E-state index in [2.05, 4.69) is 10.2 Å². The van der Waals surface area contributed by atoms with E-state index in [1.54, 1.807) is 7.11 Å². The standard InChI is InChI=1S/C15H25N3O2.2ClH/c1-11(9-16)15(19)17-10-13(18(2)3)12-7-5-6-8-14(12)20-4;;/h5-8,11,13H,9-10,16H2,1-4H3,(H,17,19);2*1H. The quantitative estimate of drug-likeness (QED) is 0.786. The molecule has 1 rings (SSSR count). The molecule has 0 spiro atoms. The van der Waals surface area contributed by atoms with Crippen molar-refractivity contribution in [1.29, 1.82) is 0 Å². The van der Waals surface area contributed by atoms with Gasteiger partial charge in [0.25, 0.3) is 0 Å². The summed E-state index contributed by atoms with van der Waals surface area (Å²) in [7, 11) is 5.62. The molecular weight excluding hydrogens is 325 g/mol. The van der Waals surface area contributed by atoms with E-state index in [-0.39, 0.29) is 42.7 Å². The number of carbonyl (C=O) groups is 1. The van der Waals surface area contributed by atoms with Gasteiger partial charge in [0.15, 0.2) is 0 Å². The molecule has 0 aliphatic heterocycles. The number of likely N-dealkylation sites (N-methyl/N-ethyl adjacent to an activating group) is 1. The number of para-hydroxylation sites is 1. The van der Waals surface area contributed by atoms with Gasteiger partial charge in [0.1, 0.15) is 5.75 Å². The molecule has 0 radical (unpaired) electrons. The van der Waals surface area contributed by atoms with Gasteiger partial charge in [-0.15, -0.1) is 24.8 Å². The van der Waals surface area contributed by atoms with Gasteiger partial charge in [-0.25, -0.2) is 0 Å². The molecule has 7 heteroatoms. The van der Waals surface area contributed by atoms with Crippen LogP contribution in [0.4, 0.5) is 0 Å². The third kappa shape index (κ3) is 6.40. The maximum absolute atomic E-state index is 11.8. The van der Waals surface area contributed by atoms with Crippen LogP contribution in [0.1, 0.15) is 18.5 Å². The SMILES string of the molecule is COc1ccccc1C(CNC(=O)C(C)CN)N(C)C.Cl.Cl. The molecule has 1 aromatic carbocycles. The summed E-state index contributed by atoms with van der Waals surface area (Å²) >= 11 is 0. The van der Waals surface area contributed by atoms with Crippen molar-refractivity contribution in [3.8, 4) is 5.75 Å². The van der Waals surface area contributed by atoms with Gasteiger partial charge >= 0.3 is 0 Å². The van der Waals surface area contributed by atoms with Gasteiger partial charge < -0.3 is 20.7 Å². The molecule has 0 fully saturated rings. The Bertz CT molecular complexity index is 445. The lowest BCUT2D eigenvalue weighted by atomic mass is 10.0. The summed E-state index contributed by atoms with van der Waals surface area (Å²) in [6, 6.07) is 7.90. The number of nitrogens with one attached hydrogen (secondary N) is 1. The molecule has 1 aromatic rings. The molecule has 0 aliphatic rings. The lowest BCUT2D eigenvalue weighted by Gasteiger charge is -2.27. The molecule has 0 aliphatic carbocycles. The highest BCUT2D eigenvalue weighted by Crippen LogP contribution is 2.27. The Balaban J connectivity index is 0. The predicted octanol–water partition coefficient (Wildman–Crippen LogP) is 1.85. The van der Waals surface area contributed by atoms with Crippen molar-refractivity contribution in [1.82, 2.24) is 10.2 Å². The number of nitrogens with two attached hydrogens (primary N) is 1. The van der Waals surface area contributed by atoms with Gasteiger partial charge in [0, 0.05) is 24.6 Å². The van der Waals surface area contributed by atoms with E-state index in [1.807, 2.05) is 45.3 Å². The molecule has 3 N–H and O–H groups in total. The molecule has 22 heavy (non-hydrogen) atoms. The fraction of sp³-hybridized carbons (Fsp3) is 0.533. The van der Waals surface area contributed by atoms with E-state index in [1.165, 1.54) is 0 Å². The molecule has 128 valence electrons. The molecule has 0 bridgehead atoms. The van der Waals surface area contributed by atoms with Crippen LogP contribution in [0, 0.1) is 5.92 Å². The number of methoxy groups -OCH3 is 1. The number of rotatable bonds is 7. The number of benzene rings is 1. The Hall–Kier alpha value is -1.01. The number of hydrogen-bond acceptors (Lipinski definition) is 4. The Labute approximate surface area is 145 Å². The first kappa shape index (κ1) is 23.3. The Morgan fingerprint density at radius 3 is 2.41 bits per heavy atom. The minimum absolute atomic E-state index is 0. The molecule has 0 heterocycles. The van der Waals surface area contributed by atoms with Crippen molar-refractivity contribution in [2.75, 3.05) is 34.3 Å². The number of carbonyl (C=O) groups excluding carboxylic acids is 1. The molecular formula is C15H27Cl2N3O2. The molecule has 0 saturated heterocycles. The molecule has 5 nitrogen and oxygen atoms in total. The third-order valence-corrected chi connectivity index (χ3v) is 3.39. The second kappa shape index (κ2) is 11.5. The third-order valence-electron chi connectivity index (χ3n) is 3.39. The van der Waals surface area contributed by atoms with Gasteiger partial charge in [-0.1, -0.05) is 25.1 Å². The minimum atomic E-state index is -0.171. The van der Waals surface area contributed by atoms with Crippen LogP contribution >= 0.6 is 24.8 Å². The summed E-state index contributed by atoms with van der Waals surface area (Å²) in [5.41, 5.74) is 6.56. The smallest absolute Gasteiger partial charge is 0.224 e. The van der Waals surface area contributed by atoms with E-state index < -0.39 is 0 Å². The first-order valence-electron chi connectivity index (χ1n) is 6.78. The normalized spacial score (nSPS) is 12.6. The Morgan fingerprint density at radius 1 is 1.32 bits per heavy atom. The van der Waals surface area contributed by atoms with Crippen LogP contribution in [0.3, 0.4) is 0 Å². The number of ether oxygens (including phenoxy) is 1. The molecule has 0 aromatic heterocycles. The lowest BCUT2D eigenvalue weighted by molar-refractivity contribution is -0.124. The lowest BCUT2D eigenvalue weighted by Crippen LogP contribution is -2.39. The summed E-state index contributed by atoms with van der Waals surface area (Å²) < 4.78 is 5.39. The van der Waals surface area contributed by atoms with Crippen LogP contribution in [-0.4, -0.2) is 45.1 Å². The van der Waals surface area contributed by atoms with Crippen molar-refractivity contribution in [3.05, 3.63) is 29.8 Å². The number of amides is 1. The maximum atomic E-state index is 11.8. The van der Waals surface area contributed by atoms with Crippen LogP contribution in [0.25, 0.3) is 0 Å². The van der Waals surface area contributed by atoms with Crippen LogP contribution in [0.5, 0.6) is 5.75 Å². The van der Waals surface area contributed by atoms with Crippen LogP contribution in [0.2, 0.25) is 0 Å². The van der Waals surface area contributed by atoms with Crippen molar-refractivity contribution >= 4 is 30.7 Å². The summed E-state index contributed by atoms with van der Waals surface area (Å²) in [5, 5.41) is 2.95. The number of nitrogens with zero attached hydrogens (tertiary/aromatic N) is 1. The molecule has 1 amide bonds. The highest BCUT2D eigenvalue weighted by molar-refractivity contribution is 5.85. The Morgan fingerprint density at radius 2 is 1.91 bits per heavy atom. The topological polar surface area (TPSA) is 67.6 Å². The second-order valence-corrected chi connectivity index (χ2v) is 5.10. The van der Waals surface area contributed by atoms with Gasteiger partial charge in [-0.05, 0) is 20.2 Å². The number of hydrogen-bond donors (Lipinski definition) is 2. The molecule has 0 saturated carbocycles. The molecule has 2 unspecified atom stereocenters. The van der Waals surface area contributed by atoms with Crippen molar-refractivity contribution < 1.29 is 9.53 Å². The first-order valence-corrected chi connectivity index (χ1v) is 6.78. The van der Waals surface area contributed by atoms with E-state index in [4.69, 9.17) is 10.5 Å². The van der Waals surface area contributed by atoms with Crippen molar-refractivity contribution in [2.24, 2.45) is 11.7 Å². The monoisotopic (exact) mass is 351 g/mol. The summed E-state index contributed by atoms with van der Waals surface area (Å²) in [6.07, 6.45) is 0. The van der Waals surface area contributed by atoms with Gasteiger partial charge in [0.05, 0.1) is 13.2 Å². The van der Waals surface area contributed by atoms with Crippen LogP contribution < -0.4 is 15.8 Å². The van der Waals surface area contributed by atoms with Crippen molar-refractivity contribution in [3.63, 3.8) is 0 Å². The first-order chi connectivity index (χ1) is 9.51. The predicted molar refractivity (Wildman–Crippen MR) is 95.1 cm³/mol. The maximum Gasteiger partial charge on any atom is 0.224 e. The van der Waals surface area contributed by atoms with Crippen LogP contribution in [-0.2, 0) is 4.79 Å².